The van der Waals surface area contributed by atoms with Gasteiger partial charge in [0.05, 0.1) is 12.5 Å². The molecule has 2 aliphatic heterocycles. The molecule has 0 radical (unpaired) electrons. The molecule has 0 bridgehead atoms. The number of allylic oxidation sites excluding steroid dienone is 2. The highest BCUT2D eigenvalue weighted by Crippen LogP contribution is 2.35. The second-order valence-electron chi connectivity index (χ2n) is 3.06. The van der Waals surface area contributed by atoms with E-state index < -0.39 is 0 Å². The van der Waals surface area contributed by atoms with Gasteiger partial charge in [-0.15, -0.1) is 0 Å². The fourth-order valence-electron chi connectivity index (χ4n) is 1.65. The Hall–Kier alpha value is -1.25. The molecule has 64 valence electrons. The molecule has 0 N–H and O–H groups in total. The van der Waals surface area contributed by atoms with Gasteiger partial charge in [-0.2, -0.15) is 0 Å². The van der Waals surface area contributed by atoms with Gasteiger partial charge in [-0.3, -0.25) is 9.69 Å². The molecule has 0 spiro atoms. The molecule has 3 heteroatoms. The Morgan fingerprint density at radius 2 is 2.50 bits per heavy atom. The first-order valence-electron chi connectivity index (χ1n) is 4.04. The SMILES string of the molecule is C=CC=C1OC2CC(=O)N2C1C. The van der Waals surface area contributed by atoms with Gasteiger partial charge in [0, 0.05) is 0 Å². The monoisotopic (exact) mass is 165 g/mol. The zero-order valence-corrected chi connectivity index (χ0v) is 6.99. The predicted octanol–water partition coefficient (Wildman–Crippen LogP) is 1.03. The second-order valence-corrected chi connectivity index (χ2v) is 3.06. The van der Waals surface area contributed by atoms with E-state index >= 15 is 0 Å². The van der Waals surface area contributed by atoms with E-state index in [0.29, 0.717) is 6.42 Å². The first kappa shape index (κ1) is 7.40. The Labute approximate surface area is 71.3 Å². The molecule has 2 atom stereocenters. The van der Waals surface area contributed by atoms with Gasteiger partial charge in [-0.25, -0.2) is 0 Å². The first-order chi connectivity index (χ1) is 5.74. The van der Waals surface area contributed by atoms with Crippen LogP contribution in [0.3, 0.4) is 0 Å². The van der Waals surface area contributed by atoms with Crippen molar-refractivity contribution in [1.82, 2.24) is 4.90 Å². The number of hydrogen-bond donors (Lipinski definition) is 0. The maximum absolute atomic E-state index is 11.1. The number of ether oxygens (including phenoxy) is 1. The summed E-state index contributed by atoms with van der Waals surface area (Å²) in [5.74, 6) is 1.03. The molecule has 2 unspecified atom stereocenters. The summed E-state index contributed by atoms with van der Waals surface area (Å²) in [7, 11) is 0. The molecule has 2 aliphatic rings. The quantitative estimate of drug-likeness (QED) is 0.543. The minimum atomic E-state index is -0.00120. The van der Waals surface area contributed by atoms with Crippen LogP contribution >= 0.6 is 0 Å². The third kappa shape index (κ3) is 0.793. The normalized spacial score (nSPS) is 35.9. The molecule has 0 saturated carbocycles. The van der Waals surface area contributed by atoms with Crippen LogP contribution in [-0.2, 0) is 9.53 Å². The van der Waals surface area contributed by atoms with E-state index in [2.05, 4.69) is 6.58 Å². The van der Waals surface area contributed by atoms with E-state index in [0.717, 1.165) is 5.76 Å². The van der Waals surface area contributed by atoms with Crippen LogP contribution in [0.2, 0.25) is 0 Å². The van der Waals surface area contributed by atoms with Crippen LogP contribution in [0.1, 0.15) is 13.3 Å². The van der Waals surface area contributed by atoms with Gasteiger partial charge in [0.2, 0.25) is 5.91 Å². The van der Waals surface area contributed by atoms with Gasteiger partial charge < -0.3 is 4.74 Å². The summed E-state index contributed by atoms with van der Waals surface area (Å²) < 4.78 is 5.48. The molecule has 0 aromatic heterocycles. The van der Waals surface area contributed by atoms with E-state index in [9.17, 15) is 4.79 Å². The van der Waals surface area contributed by atoms with Crippen molar-refractivity contribution in [2.24, 2.45) is 0 Å². The lowest BCUT2D eigenvalue weighted by Crippen LogP contribution is -2.51. The summed E-state index contributed by atoms with van der Waals surface area (Å²) >= 11 is 0. The summed E-state index contributed by atoms with van der Waals surface area (Å²) in [5, 5.41) is 0. The van der Waals surface area contributed by atoms with Gasteiger partial charge >= 0.3 is 0 Å². The highest BCUT2D eigenvalue weighted by Gasteiger charge is 2.48. The lowest BCUT2D eigenvalue weighted by molar-refractivity contribution is -0.156. The van der Waals surface area contributed by atoms with E-state index in [1.54, 1.807) is 11.0 Å². The standard InChI is InChI=1S/C9H11NO2/c1-3-4-7-6(2)10-8(11)5-9(10)12-7/h3-4,6,9H,1,5H2,2H3. The van der Waals surface area contributed by atoms with Gasteiger partial charge in [0.25, 0.3) is 0 Å². The predicted molar refractivity (Wildman–Crippen MR) is 44.1 cm³/mol. The fourth-order valence-corrected chi connectivity index (χ4v) is 1.65. The Morgan fingerprint density at radius 3 is 3.00 bits per heavy atom. The van der Waals surface area contributed by atoms with Crippen LogP contribution < -0.4 is 0 Å². The zero-order valence-electron chi connectivity index (χ0n) is 6.99. The average Bonchev–Trinajstić information content (AvgIpc) is 2.24. The van der Waals surface area contributed by atoms with Crippen LogP contribution in [0.5, 0.6) is 0 Å². The lowest BCUT2D eigenvalue weighted by Gasteiger charge is -2.33. The summed E-state index contributed by atoms with van der Waals surface area (Å²) in [4.78, 5) is 12.8. The topological polar surface area (TPSA) is 29.5 Å². The van der Waals surface area contributed by atoms with Crippen molar-refractivity contribution in [3.63, 3.8) is 0 Å². The minimum Gasteiger partial charge on any atom is -0.472 e. The molecule has 3 nitrogen and oxygen atoms in total. The number of hydrogen-bond acceptors (Lipinski definition) is 2. The highest BCUT2D eigenvalue weighted by molar-refractivity contribution is 5.83. The van der Waals surface area contributed by atoms with E-state index in [4.69, 9.17) is 4.74 Å². The van der Waals surface area contributed by atoms with Crippen LogP contribution in [0.25, 0.3) is 0 Å². The second kappa shape index (κ2) is 2.37. The largest absolute Gasteiger partial charge is 0.472 e. The summed E-state index contributed by atoms with van der Waals surface area (Å²) in [5.41, 5.74) is 0. The van der Waals surface area contributed by atoms with Crippen molar-refractivity contribution >= 4 is 5.91 Å². The summed E-state index contributed by atoms with van der Waals surface area (Å²) in [6.07, 6.45) is 4.02. The maximum Gasteiger partial charge on any atom is 0.231 e. The number of amides is 1. The van der Waals surface area contributed by atoms with Crippen molar-refractivity contribution in [3.8, 4) is 0 Å². The smallest absolute Gasteiger partial charge is 0.231 e. The zero-order chi connectivity index (χ0) is 8.72. The molecule has 2 rings (SSSR count). The van der Waals surface area contributed by atoms with Crippen LogP contribution in [0.4, 0.5) is 0 Å². The minimum absolute atomic E-state index is 0.00120. The Balaban J connectivity index is 2.20. The molecule has 2 heterocycles. The maximum atomic E-state index is 11.1. The van der Waals surface area contributed by atoms with E-state index in [-0.39, 0.29) is 18.2 Å². The van der Waals surface area contributed by atoms with Crippen LogP contribution in [-0.4, -0.2) is 23.1 Å². The van der Waals surface area contributed by atoms with Gasteiger partial charge in [0.1, 0.15) is 5.76 Å². The molecular weight excluding hydrogens is 154 g/mol. The average molecular weight is 165 g/mol. The molecule has 0 aromatic rings. The van der Waals surface area contributed by atoms with E-state index in [1.165, 1.54) is 0 Å². The number of fused-ring (bicyclic) bond motifs is 1. The van der Waals surface area contributed by atoms with Crippen molar-refractivity contribution in [2.75, 3.05) is 0 Å². The summed E-state index contributed by atoms with van der Waals surface area (Å²) in [6, 6.07) is 0.0919. The van der Waals surface area contributed by atoms with Gasteiger partial charge in [-0.1, -0.05) is 12.7 Å². The van der Waals surface area contributed by atoms with Crippen molar-refractivity contribution in [3.05, 3.63) is 24.5 Å². The molecule has 12 heavy (non-hydrogen) atoms. The molecule has 0 aliphatic carbocycles. The highest BCUT2D eigenvalue weighted by atomic mass is 16.5. The first-order valence-corrected chi connectivity index (χ1v) is 4.04. The van der Waals surface area contributed by atoms with Crippen LogP contribution in [0.15, 0.2) is 24.5 Å². The number of carbonyl (C=O) groups excluding carboxylic acids is 1. The number of β-lactam (4-membered cyclic amide) rings is 1. The number of rotatable bonds is 1. The van der Waals surface area contributed by atoms with E-state index in [1.807, 2.05) is 13.0 Å². The third-order valence-electron chi connectivity index (χ3n) is 2.33. The number of nitrogens with zero attached hydrogens (tertiary/aromatic N) is 1. The van der Waals surface area contributed by atoms with Crippen molar-refractivity contribution in [2.45, 2.75) is 25.6 Å². The Bertz CT molecular complexity index is 270. The third-order valence-corrected chi connectivity index (χ3v) is 2.33. The van der Waals surface area contributed by atoms with Crippen molar-refractivity contribution < 1.29 is 9.53 Å². The molecular formula is C9H11NO2. The van der Waals surface area contributed by atoms with Crippen molar-refractivity contribution in [1.29, 1.82) is 0 Å². The number of carbonyl (C=O) groups is 1. The fraction of sp³-hybridized carbons (Fsp3) is 0.444. The molecule has 1 amide bonds. The lowest BCUT2D eigenvalue weighted by atomic mass is 10.1. The van der Waals surface area contributed by atoms with Gasteiger partial charge in [0.15, 0.2) is 6.23 Å². The molecule has 2 saturated heterocycles. The summed E-state index contributed by atoms with van der Waals surface area (Å²) in [6.45, 7) is 5.55. The Morgan fingerprint density at radius 1 is 1.75 bits per heavy atom. The molecule has 2 fully saturated rings. The Kier molecular flexibility index (Phi) is 1.46. The molecule has 0 aromatic carbocycles. The van der Waals surface area contributed by atoms with Gasteiger partial charge in [-0.05, 0) is 13.0 Å². The van der Waals surface area contributed by atoms with Crippen LogP contribution in [0, 0.1) is 0 Å².